The minimum Gasteiger partial charge on any atom is -0.365 e. The fraction of sp³-hybridized carbons (Fsp3) is 0.560. The molecule has 0 unspecified atom stereocenters. The van der Waals surface area contributed by atoms with E-state index in [9.17, 15) is 13.6 Å². The zero-order valence-electron chi connectivity index (χ0n) is 19.1. The molecular weight excluding hydrogens is 442 g/mol. The summed E-state index contributed by atoms with van der Waals surface area (Å²) in [5, 5.41) is 6.49. The Kier molecular flexibility index (Phi) is 5.11. The lowest BCUT2D eigenvalue weighted by Crippen LogP contribution is -2.68. The highest BCUT2D eigenvalue weighted by Crippen LogP contribution is 2.56. The fourth-order valence-corrected chi connectivity index (χ4v) is 5.84. The van der Waals surface area contributed by atoms with Gasteiger partial charge in [0, 0.05) is 24.1 Å². The van der Waals surface area contributed by atoms with Crippen molar-refractivity contribution < 1.29 is 23.0 Å². The number of halogens is 2. The van der Waals surface area contributed by atoms with Crippen LogP contribution in [-0.4, -0.2) is 34.6 Å². The molecule has 4 fully saturated rings. The lowest BCUT2D eigenvalue weighted by atomic mass is 9.50. The topological polar surface area (TPSA) is 85.4 Å². The molecule has 1 saturated heterocycles. The van der Waals surface area contributed by atoms with Gasteiger partial charge in [-0.3, -0.25) is 4.79 Å². The van der Waals surface area contributed by atoms with E-state index in [1.165, 1.54) is 6.07 Å². The summed E-state index contributed by atoms with van der Waals surface area (Å²) < 4.78 is 40.0. The molecule has 7 rings (SSSR count). The summed E-state index contributed by atoms with van der Waals surface area (Å²) in [6, 6.07) is 5.04. The van der Waals surface area contributed by atoms with Crippen LogP contribution in [0.3, 0.4) is 0 Å². The number of fused-ring (bicyclic) bond motifs is 1. The number of nitrogens with one attached hydrogen (secondary N) is 2. The second-order valence-corrected chi connectivity index (χ2v) is 10.0. The predicted octanol–water partition coefficient (Wildman–Crippen LogP) is 3.69. The molecule has 180 valence electrons. The average Bonchev–Trinajstić information content (AvgIpc) is 3.36. The summed E-state index contributed by atoms with van der Waals surface area (Å²) in [6.07, 6.45) is 2.81. The Morgan fingerprint density at radius 3 is 2.65 bits per heavy atom. The highest BCUT2D eigenvalue weighted by atomic mass is 19.3. The number of anilines is 1. The summed E-state index contributed by atoms with van der Waals surface area (Å²) in [6.45, 7) is 2.98. The molecule has 9 heteroatoms. The van der Waals surface area contributed by atoms with Gasteiger partial charge in [0.15, 0.2) is 6.29 Å². The van der Waals surface area contributed by atoms with Gasteiger partial charge in [-0.15, -0.1) is 0 Å². The van der Waals surface area contributed by atoms with Gasteiger partial charge in [0.05, 0.1) is 30.9 Å². The van der Waals surface area contributed by atoms with Crippen LogP contribution in [0, 0.1) is 12.8 Å². The van der Waals surface area contributed by atoms with Crippen molar-refractivity contribution in [2.45, 2.75) is 69.7 Å². The first-order valence-corrected chi connectivity index (χ1v) is 12.0. The van der Waals surface area contributed by atoms with Crippen LogP contribution in [0.2, 0.25) is 0 Å². The van der Waals surface area contributed by atoms with Gasteiger partial charge < -0.3 is 20.1 Å². The highest BCUT2D eigenvalue weighted by molar-refractivity contribution is 5.80. The van der Waals surface area contributed by atoms with Crippen LogP contribution in [0.25, 0.3) is 0 Å². The van der Waals surface area contributed by atoms with E-state index in [1.54, 1.807) is 13.0 Å². The molecule has 7 nitrogen and oxygen atoms in total. The van der Waals surface area contributed by atoms with Gasteiger partial charge >= 0.3 is 0 Å². The number of alkyl halides is 2. The molecule has 0 radical (unpaired) electrons. The van der Waals surface area contributed by atoms with Crippen molar-refractivity contribution in [3.63, 3.8) is 0 Å². The average molecular weight is 471 g/mol. The largest absolute Gasteiger partial charge is 0.365 e. The predicted molar refractivity (Wildman–Crippen MR) is 119 cm³/mol. The maximum atomic E-state index is 14.2. The number of ether oxygens (including phenoxy) is 2. The molecule has 2 N–H and O–H groups in total. The minimum atomic E-state index is -2.78. The number of aromatic nitrogens is 2. The van der Waals surface area contributed by atoms with Crippen molar-refractivity contribution in [1.29, 1.82) is 0 Å². The van der Waals surface area contributed by atoms with Crippen LogP contribution in [0.15, 0.2) is 18.2 Å². The molecule has 34 heavy (non-hydrogen) atoms. The lowest BCUT2D eigenvalue weighted by molar-refractivity contribution is -0.132. The summed E-state index contributed by atoms with van der Waals surface area (Å²) >= 11 is 0. The number of benzene rings is 1. The number of aryl methyl sites for hydroxylation is 1. The molecule has 1 amide bonds. The number of carbonyl (C=O) groups is 1. The molecule has 2 heterocycles. The Morgan fingerprint density at radius 2 is 1.94 bits per heavy atom. The van der Waals surface area contributed by atoms with Gasteiger partial charge in [0.1, 0.15) is 11.6 Å². The van der Waals surface area contributed by atoms with Gasteiger partial charge in [0.25, 0.3) is 5.92 Å². The summed E-state index contributed by atoms with van der Waals surface area (Å²) in [4.78, 5) is 22.0. The van der Waals surface area contributed by atoms with Crippen molar-refractivity contribution in [2.24, 2.45) is 5.92 Å². The molecule has 2 aromatic rings. The van der Waals surface area contributed by atoms with Gasteiger partial charge in [0.2, 0.25) is 5.91 Å². The number of hydrogen-bond donors (Lipinski definition) is 2. The van der Waals surface area contributed by atoms with Gasteiger partial charge in [-0.2, -0.15) is 0 Å². The second kappa shape index (κ2) is 7.95. The smallest absolute Gasteiger partial charge is 0.273 e. The number of amides is 1. The fourth-order valence-electron chi connectivity index (χ4n) is 5.84. The van der Waals surface area contributed by atoms with E-state index in [0.29, 0.717) is 54.6 Å². The first-order valence-electron chi connectivity index (χ1n) is 12.0. The van der Waals surface area contributed by atoms with E-state index < -0.39 is 12.2 Å². The number of carbonyl (C=O) groups excluding carboxylic acids is 1. The summed E-state index contributed by atoms with van der Waals surface area (Å²) in [5.74, 6) is -1.05. The van der Waals surface area contributed by atoms with E-state index in [1.807, 2.05) is 6.07 Å². The molecule has 4 aliphatic carbocycles. The van der Waals surface area contributed by atoms with Gasteiger partial charge in [-0.25, -0.2) is 18.7 Å². The SMILES string of the molecule is Cc1nc(CC(=O)NC23CC(C2)C3)c(C2OCCO2)c(NCc2cccc3c2CCC3(F)F)n1. The van der Waals surface area contributed by atoms with Crippen molar-refractivity contribution in [1.82, 2.24) is 15.3 Å². The Bertz CT molecular complexity index is 1130. The van der Waals surface area contributed by atoms with Crippen LogP contribution in [0.4, 0.5) is 14.6 Å². The maximum Gasteiger partial charge on any atom is 0.273 e. The molecule has 0 spiro atoms. The third-order valence-corrected chi connectivity index (χ3v) is 7.57. The monoisotopic (exact) mass is 470 g/mol. The third-order valence-electron chi connectivity index (χ3n) is 7.57. The standard InChI is InChI=1S/C25H28F2N4O3/c1-14-29-19(9-20(32)31-24-10-15(11-24)12-24)21(23-33-7-8-34-23)22(30-14)28-13-16-3-2-4-18-17(16)5-6-25(18,26)27/h2-4,15,23H,5-13H2,1H3,(H,31,32)(H,28,29,30). The van der Waals surface area contributed by atoms with Crippen LogP contribution >= 0.6 is 0 Å². The Hall–Kier alpha value is -2.65. The van der Waals surface area contributed by atoms with Gasteiger partial charge in [-0.1, -0.05) is 18.2 Å². The Balaban J connectivity index is 1.27. The van der Waals surface area contributed by atoms with Crippen molar-refractivity contribution in [3.8, 4) is 0 Å². The summed E-state index contributed by atoms with van der Waals surface area (Å²) in [5.41, 5.74) is 2.78. The molecule has 0 atom stereocenters. The third kappa shape index (κ3) is 3.75. The maximum absolute atomic E-state index is 14.2. The quantitative estimate of drug-likeness (QED) is 0.642. The lowest BCUT2D eigenvalue weighted by Gasteiger charge is -2.61. The molecule has 3 saturated carbocycles. The van der Waals surface area contributed by atoms with E-state index in [-0.39, 0.29) is 29.9 Å². The minimum absolute atomic E-state index is 0.0127. The van der Waals surface area contributed by atoms with Crippen LogP contribution < -0.4 is 10.6 Å². The normalized spacial score (nSPS) is 26.5. The van der Waals surface area contributed by atoms with E-state index >= 15 is 0 Å². The van der Waals surface area contributed by atoms with Crippen molar-refractivity contribution in [3.05, 3.63) is 52.0 Å². The Labute approximate surface area is 196 Å². The van der Waals surface area contributed by atoms with Crippen LogP contribution in [0.1, 0.15) is 65.7 Å². The molecule has 1 aliphatic heterocycles. The van der Waals surface area contributed by atoms with E-state index in [0.717, 1.165) is 30.7 Å². The van der Waals surface area contributed by atoms with Crippen LogP contribution in [0.5, 0.6) is 0 Å². The zero-order chi connectivity index (χ0) is 23.5. The van der Waals surface area contributed by atoms with E-state index in [4.69, 9.17) is 9.47 Å². The zero-order valence-corrected chi connectivity index (χ0v) is 19.1. The molecule has 1 aromatic heterocycles. The van der Waals surface area contributed by atoms with E-state index in [2.05, 4.69) is 20.6 Å². The van der Waals surface area contributed by atoms with Crippen LogP contribution in [-0.2, 0) is 39.6 Å². The van der Waals surface area contributed by atoms with Crippen molar-refractivity contribution >= 4 is 11.7 Å². The molecule has 5 aliphatic rings. The first-order chi connectivity index (χ1) is 16.3. The Morgan fingerprint density at radius 1 is 1.18 bits per heavy atom. The molecular formula is C25H28F2N4O3. The van der Waals surface area contributed by atoms with Crippen molar-refractivity contribution in [2.75, 3.05) is 18.5 Å². The number of hydrogen-bond acceptors (Lipinski definition) is 6. The first kappa shape index (κ1) is 21.9. The highest BCUT2D eigenvalue weighted by Gasteiger charge is 2.57. The summed E-state index contributed by atoms with van der Waals surface area (Å²) in [7, 11) is 0. The van der Waals surface area contributed by atoms with Gasteiger partial charge in [-0.05, 0) is 49.7 Å². The molecule has 1 aromatic carbocycles. The number of rotatable bonds is 7. The second-order valence-electron chi connectivity index (χ2n) is 10.0. The molecule has 2 bridgehead atoms. The number of nitrogens with zero attached hydrogens (tertiary/aromatic N) is 2.